The number of nitrogens with one attached hydrogen (secondary N) is 1. The zero-order valence-electron chi connectivity index (χ0n) is 10.7. The fourth-order valence-electron chi connectivity index (χ4n) is 2.25. The third-order valence-corrected chi connectivity index (χ3v) is 3.62. The number of Topliss-reactive ketones (excluding diaryl/α,β-unsaturated/α-hetero) is 1. The van der Waals surface area contributed by atoms with Crippen molar-refractivity contribution in [2.45, 2.75) is 18.9 Å². The predicted molar refractivity (Wildman–Crippen MR) is 72.1 cm³/mol. The monoisotopic (exact) mass is 281 g/mol. The van der Waals surface area contributed by atoms with Gasteiger partial charge >= 0.3 is 5.97 Å². The van der Waals surface area contributed by atoms with E-state index in [1.807, 2.05) is 12.1 Å². The molecule has 1 heterocycles. The van der Waals surface area contributed by atoms with Crippen molar-refractivity contribution in [3.05, 3.63) is 34.9 Å². The Morgan fingerprint density at radius 1 is 1.37 bits per heavy atom. The Balaban J connectivity index is 1.91. The first kappa shape index (κ1) is 14.0. The second kappa shape index (κ2) is 6.17. The van der Waals surface area contributed by atoms with Crippen LogP contribution in [-0.2, 0) is 20.7 Å². The van der Waals surface area contributed by atoms with Crippen LogP contribution < -0.4 is 5.32 Å². The van der Waals surface area contributed by atoms with Gasteiger partial charge in [0.15, 0.2) is 0 Å². The summed E-state index contributed by atoms with van der Waals surface area (Å²) in [5.41, 5.74) is 0.941. The molecular weight excluding hydrogens is 266 g/mol. The second-order valence-corrected chi connectivity index (χ2v) is 5.12. The van der Waals surface area contributed by atoms with Gasteiger partial charge in [0.25, 0.3) is 0 Å². The maximum Gasteiger partial charge on any atom is 0.322 e. The van der Waals surface area contributed by atoms with Crippen LogP contribution in [-0.4, -0.2) is 31.4 Å². The summed E-state index contributed by atoms with van der Waals surface area (Å²) in [6.07, 6.45) is 0.885. The van der Waals surface area contributed by atoms with Gasteiger partial charge in [-0.05, 0) is 24.1 Å². The van der Waals surface area contributed by atoms with Crippen molar-refractivity contribution in [1.29, 1.82) is 0 Å². The van der Waals surface area contributed by atoms with Crippen molar-refractivity contribution >= 4 is 23.4 Å². The number of methoxy groups -OCH3 is 1. The number of ketones is 1. The second-order valence-electron chi connectivity index (χ2n) is 4.69. The highest BCUT2D eigenvalue weighted by Crippen LogP contribution is 2.19. The first-order chi connectivity index (χ1) is 9.10. The standard InChI is InChI=1S/C14H16ClNO3/c1-19-14(18)12-7-10(8-16-12)13(17)6-9-2-4-11(15)5-3-9/h2-5,10,12,16H,6-8H2,1H3. The minimum absolute atomic E-state index is 0.125. The summed E-state index contributed by atoms with van der Waals surface area (Å²) in [7, 11) is 1.35. The molecule has 4 nitrogen and oxygen atoms in total. The molecule has 1 aliphatic rings. The molecular formula is C14H16ClNO3. The average Bonchev–Trinajstić information content (AvgIpc) is 2.90. The van der Waals surface area contributed by atoms with Crippen molar-refractivity contribution in [2.24, 2.45) is 5.92 Å². The van der Waals surface area contributed by atoms with Crippen LogP contribution in [0.15, 0.2) is 24.3 Å². The molecule has 0 spiro atoms. The van der Waals surface area contributed by atoms with Gasteiger partial charge in [0, 0.05) is 23.9 Å². The molecule has 0 aliphatic carbocycles. The summed E-state index contributed by atoms with van der Waals surface area (Å²) < 4.78 is 4.67. The maximum atomic E-state index is 12.1. The number of carbonyl (C=O) groups is 2. The number of hydrogen-bond donors (Lipinski definition) is 1. The van der Waals surface area contributed by atoms with E-state index >= 15 is 0 Å². The Morgan fingerprint density at radius 3 is 2.68 bits per heavy atom. The van der Waals surface area contributed by atoms with Crippen LogP contribution in [0, 0.1) is 5.92 Å². The van der Waals surface area contributed by atoms with Crippen LogP contribution in [0.4, 0.5) is 0 Å². The molecule has 1 fully saturated rings. The highest BCUT2D eigenvalue weighted by Gasteiger charge is 2.33. The van der Waals surface area contributed by atoms with E-state index in [2.05, 4.69) is 10.1 Å². The van der Waals surface area contributed by atoms with E-state index in [1.165, 1.54) is 7.11 Å². The van der Waals surface area contributed by atoms with Crippen LogP contribution >= 0.6 is 11.6 Å². The molecule has 1 aromatic rings. The third kappa shape index (κ3) is 3.55. The molecule has 2 rings (SSSR count). The summed E-state index contributed by atoms with van der Waals surface area (Å²) in [5, 5.41) is 3.67. The van der Waals surface area contributed by atoms with E-state index in [1.54, 1.807) is 12.1 Å². The summed E-state index contributed by atoms with van der Waals surface area (Å²) >= 11 is 5.80. The lowest BCUT2D eigenvalue weighted by Gasteiger charge is -2.08. The number of rotatable bonds is 4. The van der Waals surface area contributed by atoms with E-state index in [9.17, 15) is 9.59 Å². The molecule has 102 valence electrons. The van der Waals surface area contributed by atoms with E-state index in [0.29, 0.717) is 24.4 Å². The van der Waals surface area contributed by atoms with Gasteiger partial charge in [0.05, 0.1) is 7.11 Å². The minimum atomic E-state index is -0.357. The fraction of sp³-hybridized carbons (Fsp3) is 0.429. The molecule has 0 bridgehead atoms. The lowest BCUT2D eigenvalue weighted by molar-refractivity contribution is -0.142. The zero-order chi connectivity index (χ0) is 13.8. The Labute approximate surface area is 117 Å². The Hall–Kier alpha value is -1.39. The molecule has 2 atom stereocenters. The molecule has 1 aromatic carbocycles. The van der Waals surface area contributed by atoms with Crippen molar-refractivity contribution in [3.8, 4) is 0 Å². The largest absolute Gasteiger partial charge is 0.468 e. The third-order valence-electron chi connectivity index (χ3n) is 3.36. The van der Waals surface area contributed by atoms with Crippen LogP contribution in [0.3, 0.4) is 0 Å². The predicted octanol–water partition coefficient (Wildman–Crippen LogP) is 1.60. The van der Waals surface area contributed by atoms with Crippen LogP contribution in [0.1, 0.15) is 12.0 Å². The normalized spacial score (nSPS) is 22.2. The van der Waals surface area contributed by atoms with Gasteiger partial charge < -0.3 is 10.1 Å². The van der Waals surface area contributed by atoms with E-state index in [0.717, 1.165) is 5.56 Å². The van der Waals surface area contributed by atoms with Crippen molar-refractivity contribution < 1.29 is 14.3 Å². The van der Waals surface area contributed by atoms with E-state index in [4.69, 9.17) is 11.6 Å². The van der Waals surface area contributed by atoms with E-state index in [-0.39, 0.29) is 23.7 Å². The molecule has 5 heteroatoms. The van der Waals surface area contributed by atoms with Gasteiger partial charge in [-0.15, -0.1) is 0 Å². The van der Waals surface area contributed by atoms with E-state index < -0.39 is 0 Å². The number of hydrogen-bond acceptors (Lipinski definition) is 4. The minimum Gasteiger partial charge on any atom is -0.468 e. The quantitative estimate of drug-likeness (QED) is 0.852. The fourth-order valence-corrected chi connectivity index (χ4v) is 2.38. The Bertz CT molecular complexity index is 472. The first-order valence-electron chi connectivity index (χ1n) is 6.18. The highest BCUT2D eigenvalue weighted by molar-refractivity contribution is 6.30. The number of ether oxygens (including phenoxy) is 1. The Morgan fingerprint density at radius 2 is 2.05 bits per heavy atom. The van der Waals surface area contributed by atoms with Crippen molar-refractivity contribution in [3.63, 3.8) is 0 Å². The number of benzene rings is 1. The summed E-state index contributed by atoms with van der Waals surface area (Å²) in [4.78, 5) is 23.5. The van der Waals surface area contributed by atoms with Gasteiger partial charge in [0.1, 0.15) is 11.8 Å². The number of halogens is 1. The summed E-state index contributed by atoms with van der Waals surface area (Å²) in [6.45, 7) is 0.534. The maximum absolute atomic E-state index is 12.1. The smallest absolute Gasteiger partial charge is 0.322 e. The lowest BCUT2D eigenvalue weighted by Crippen LogP contribution is -2.31. The Kier molecular flexibility index (Phi) is 4.56. The zero-order valence-corrected chi connectivity index (χ0v) is 11.4. The van der Waals surface area contributed by atoms with Crippen LogP contribution in [0.5, 0.6) is 0 Å². The topological polar surface area (TPSA) is 55.4 Å². The molecule has 0 saturated carbocycles. The average molecular weight is 282 g/mol. The number of carbonyl (C=O) groups excluding carboxylic acids is 2. The van der Waals surface area contributed by atoms with Crippen molar-refractivity contribution in [2.75, 3.05) is 13.7 Å². The van der Waals surface area contributed by atoms with Crippen LogP contribution in [0.2, 0.25) is 5.02 Å². The van der Waals surface area contributed by atoms with Gasteiger partial charge in [-0.2, -0.15) is 0 Å². The molecule has 1 N–H and O–H groups in total. The lowest BCUT2D eigenvalue weighted by atomic mass is 9.95. The molecule has 0 amide bonds. The highest BCUT2D eigenvalue weighted by atomic mass is 35.5. The van der Waals surface area contributed by atoms with Gasteiger partial charge in [-0.3, -0.25) is 9.59 Å². The molecule has 0 radical (unpaired) electrons. The van der Waals surface area contributed by atoms with Gasteiger partial charge in [0.2, 0.25) is 0 Å². The molecule has 19 heavy (non-hydrogen) atoms. The van der Waals surface area contributed by atoms with Crippen molar-refractivity contribution in [1.82, 2.24) is 5.32 Å². The summed E-state index contributed by atoms with van der Waals surface area (Å²) in [5.74, 6) is -0.289. The molecule has 1 aliphatic heterocycles. The summed E-state index contributed by atoms with van der Waals surface area (Å²) in [6, 6.07) is 6.88. The van der Waals surface area contributed by atoms with Gasteiger partial charge in [-0.25, -0.2) is 0 Å². The molecule has 0 aromatic heterocycles. The molecule has 2 unspecified atom stereocenters. The van der Waals surface area contributed by atoms with Gasteiger partial charge in [-0.1, -0.05) is 23.7 Å². The van der Waals surface area contributed by atoms with Crippen LogP contribution in [0.25, 0.3) is 0 Å². The molecule has 1 saturated heterocycles. The first-order valence-corrected chi connectivity index (χ1v) is 6.56. The number of esters is 1. The SMILES string of the molecule is COC(=O)C1CC(C(=O)Cc2ccc(Cl)cc2)CN1.